The van der Waals surface area contributed by atoms with Gasteiger partial charge in [0.2, 0.25) is 0 Å². The van der Waals surface area contributed by atoms with Gasteiger partial charge in [-0.2, -0.15) is 0 Å². The molecule has 0 aromatic heterocycles. The zero-order chi connectivity index (χ0) is 14.9. The van der Waals surface area contributed by atoms with Crippen molar-refractivity contribution in [3.8, 4) is 0 Å². The molecule has 0 spiro atoms. The quantitative estimate of drug-likeness (QED) is 0.671. The van der Waals surface area contributed by atoms with Gasteiger partial charge in [0.1, 0.15) is 6.04 Å². The minimum atomic E-state index is -0.866. The van der Waals surface area contributed by atoms with Gasteiger partial charge in [0.05, 0.1) is 4.92 Å². The van der Waals surface area contributed by atoms with Gasteiger partial charge < -0.3 is 5.11 Å². The second kappa shape index (κ2) is 5.88. The predicted molar refractivity (Wildman–Crippen MR) is 76.4 cm³/mol. The first kappa shape index (κ1) is 14.9. The van der Waals surface area contributed by atoms with E-state index in [0.29, 0.717) is 16.6 Å². The number of hydrogen-bond acceptors (Lipinski definition) is 4. The number of carboxylic acids is 1. The van der Waals surface area contributed by atoms with Crippen molar-refractivity contribution in [3.63, 3.8) is 0 Å². The Morgan fingerprint density at radius 3 is 2.90 bits per heavy atom. The van der Waals surface area contributed by atoms with E-state index in [4.69, 9.17) is 0 Å². The predicted octanol–water partition coefficient (Wildman–Crippen LogP) is 2.65. The molecule has 1 heterocycles. The number of hydrogen-bond donors (Lipinski definition) is 1. The van der Waals surface area contributed by atoms with Crippen molar-refractivity contribution in [1.29, 1.82) is 0 Å². The Bertz CT molecular complexity index is 549. The first-order chi connectivity index (χ1) is 9.40. The molecule has 108 valence electrons. The van der Waals surface area contributed by atoms with Gasteiger partial charge in [0.25, 0.3) is 5.69 Å². The highest BCUT2D eigenvalue weighted by Crippen LogP contribution is 2.30. The highest BCUT2D eigenvalue weighted by atomic mass is 79.9. The second-order valence-electron chi connectivity index (χ2n) is 5.05. The molecule has 1 aromatic rings. The van der Waals surface area contributed by atoms with Crippen molar-refractivity contribution >= 4 is 27.6 Å². The Labute approximate surface area is 124 Å². The zero-order valence-electron chi connectivity index (χ0n) is 11.0. The molecule has 1 aromatic carbocycles. The lowest BCUT2D eigenvalue weighted by atomic mass is 10.0. The number of rotatable bonds is 4. The van der Waals surface area contributed by atoms with Crippen LogP contribution in [0.25, 0.3) is 0 Å². The van der Waals surface area contributed by atoms with Crippen molar-refractivity contribution in [2.75, 3.05) is 6.54 Å². The standard InChI is InChI=1S/C13H15BrN2O4/c1-8-4-5-15(12(8)13(17)18)7-9-2-3-10(14)6-11(9)16(19)20/h2-3,6,8,12H,4-5,7H2,1H3,(H,17,18). The molecule has 1 fully saturated rings. The van der Waals surface area contributed by atoms with E-state index in [1.807, 2.05) is 6.92 Å². The summed E-state index contributed by atoms with van der Waals surface area (Å²) in [5.74, 6) is -0.809. The van der Waals surface area contributed by atoms with Crippen molar-refractivity contribution in [1.82, 2.24) is 4.90 Å². The fourth-order valence-electron chi connectivity index (χ4n) is 2.66. The van der Waals surface area contributed by atoms with Crippen molar-refractivity contribution in [3.05, 3.63) is 38.3 Å². The van der Waals surface area contributed by atoms with E-state index < -0.39 is 16.9 Å². The van der Waals surface area contributed by atoms with Crippen molar-refractivity contribution in [2.45, 2.75) is 25.9 Å². The summed E-state index contributed by atoms with van der Waals surface area (Å²) in [6.07, 6.45) is 0.793. The van der Waals surface area contributed by atoms with Crippen LogP contribution in [0.15, 0.2) is 22.7 Å². The monoisotopic (exact) mass is 342 g/mol. The van der Waals surface area contributed by atoms with Crippen molar-refractivity contribution < 1.29 is 14.8 Å². The van der Waals surface area contributed by atoms with E-state index in [0.717, 1.165) is 6.42 Å². The Morgan fingerprint density at radius 1 is 1.60 bits per heavy atom. The second-order valence-corrected chi connectivity index (χ2v) is 5.97. The molecule has 2 unspecified atom stereocenters. The molecule has 0 aliphatic carbocycles. The molecule has 1 aliphatic rings. The molecule has 1 aliphatic heterocycles. The average Bonchev–Trinajstić information content (AvgIpc) is 2.72. The van der Waals surface area contributed by atoms with Crippen LogP contribution in [0.3, 0.4) is 0 Å². The van der Waals surface area contributed by atoms with E-state index in [1.54, 1.807) is 17.0 Å². The third kappa shape index (κ3) is 2.99. The Hall–Kier alpha value is -1.47. The number of carbonyl (C=O) groups is 1. The normalized spacial score (nSPS) is 22.9. The van der Waals surface area contributed by atoms with Gasteiger partial charge in [0, 0.05) is 22.6 Å². The van der Waals surface area contributed by atoms with E-state index in [1.165, 1.54) is 6.07 Å². The fraction of sp³-hybridized carbons (Fsp3) is 0.462. The van der Waals surface area contributed by atoms with Gasteiger partial charge in [-0.05, 0) is 31.0 Å². The minimum absolute atomic E-state index is 0.0167. The summed E-state index contributed by atoms with van der Waals surface area (Å²) in [7, 11) is 0. The fourth-order valence-corrected chi connectivity index (χ4v) is 3.01. The molecule has 0 saturated carbocycles. The minimum Gasteiger partial charge on any atom is -0.480 e. The van der Waals surface area contributed by atoms with Gasteiger partial charge in [0.15, 0.2) is 0 Å². The smallest absolute Gasteiger partial charge is 0.321 e. The van der Waals surface area contributed by atoms with Crippen LogP contribution >= 0.6 is 15.9 Å². The van der Waals surface area contributed by atoms with E-state index in [-0.39, 0.29) is 18.2 Å². The highest BCUT2D eigenvalue weighted by molar-refractivity contribution is 9.10. The number of nitro benzene ring substituents is 1. The maximum absolute atomic E-state index is 11.3. The molecule has 2 rings (SSSR count). The molecule has 1 saturated heterocycles. The lowest BCUT2D eigenvalue weighted by Gasteiger charge is -2.23. The molecule has 2 atom stereocenters. The summed E-state index contributed by atoms with van der Waals surface area (Å²) in [4.78, 5) is 23.7. The van der Waals surface area contributed by atoms with Gasteiger partial charge in [-0.1, -0.05) is 22.9 Å². The number of carboxylic acid groups (broad SMARTS) is 1. The molecule has 6 nitrogen and oxygen atoms in total. The molecule has 0 radical (unpaired) electrons. The van der Waals surface area contributed by atoms with Gasteiger partial charge in [-0.25, -0.2) is 0 Å². The summed E-state index contributed by atoms with van der Waals surface area (Å²) in [6.45, 7) is 2.82. The van der Waals surface area contributed by atoms with Crippen LogP contribution in [-0.2, 0) is 11.3 Å². The third-order valence-corrected chi connectivity index (χ3v) is 4.17. The van der Waals surface area contributed by atoms with Crippen LogP contribution < -0.4 is 0 Å². The Morgan fingerprint density at radius 2 is 2.30 bits per heavy atom. The van der Waals surface area contributed by atoms with Gasteiger partial charge in [-0.3, -0.25) is 19.8 Å². The highest BCUT2D eigenvalue weighted by Gasteiger charge is 2.37. The van der Waals surface area contributed by atoms with Gasteiger partial charge in [-0.15, -0.1) is 0 Å². The maximum atomic E-state index is 11.3. The largest absolute Gasteiger partial charge is 0.480 e. The molecule has 0 amide bonds. The lowest BCUT2D eigenvalue weighted by molar-refractivity contribution is -0.385. The van der Waals surface area contributed by atoms with Crippen LogP contribution in [0.5, 0.6) is 0 Å². The number of aliphatic carboxylic acids is 1. The van der Waals surface area contributed by atoms with Crippen LogP contribution in [0.2, 0.25) is 0 Å². The number of halogens is 1. The van der Waals surface area contributed by atoms with Crippen LogP contribution in [0.1, 0.15) is 18.9 Å². The number of nitro groups is 1. The summed E-state index contributed by atoms with van der Waals surface area (Å²) in [6, 6.07) is 4.28. The van der Waals surface area contributed by atoms with Crippen LogP contribution in [0, 0.1) is 16.0 Å². The van der Waals surface area contributed by atoms with Crippen molar-refractivity contribution in [2.24, 2.45) is 5.92 Å². The van der Waals surface area contributed by atoms with E-state index in [2.05, 4.69) is 15.9 Å². The first-order valence-electron chi connectivity index (χ1n) is 6.30. The van der Waals surface area contributed by atoms with E-state index in [9.17, 15) is 20.0 Å². The summed E-state index contributed by atoms with van der Waals surface area (Å²) < 4.78 is 0.637. The first-order valence-corrected chi connectivity index (χ1v) is 7.09. The Kier molecular flexibility index (Phi) is 4.39. The molecular weight excluding hydrogens is 328 g/mol. The SMILES string of the molecule is CC1CCN(Cc2ccc(Br)cc2[N+](=O)[O-])C1C(=O)O. The lowest BCUT2D eigenvalue weighted by Crippen LogP contribution is -2.38. The molecule has 7 heteroatoms. The number of nitrogens with zero attached hydrogens (tertiary/aromatic N) is 2. The maximum Gasteiger partial charge on any atom is 0.321 e. The average molecular weight is 343 g/mol. The molecule has 0 bridgehead atoms. The topological polar surface area (TPSA) is 83.7 Å². The molecular formula is C13H15BrN2O4. The van der Waals surface area contributed by atoms with Crippen LogP contribution in [-0.4, -0.2) is 33.5 Å². The zero-order valence-corrected chi connectivity index (χ0v) is 12.5. The number of benzene rings is 1. The molecule has 1 N–H and O–H groups in total. The third-order valence-electron chi connectivity index (χ3n) is 3.67. The van der Waals surface area contributed by atoms with E-state index >= 15 is 0 Å². The summed E-state index contributed by atoms with van der Waals surface area (Å²) in [5.41, 5.74) is 0.557. The number of likely N-dealkylation sites (tertiary alicyclic amines) is 1. The summed E-state index contributed by atoms with van der Waals surface area (Å²) in [5, 5.41) is 20.3. The Balaban J connectivity index is 2.26. The summed E-state index contributed by atoms with van der Waals surface area (Å²) >= 11 is 3.21. The van der Waals surface area contributed by atoms with Gasteiger partial charge >= 0.3 is 5.97 Å². The van der Waals surface area contributed by atoms with Crippen LogP contribution in [0.4, 0.5) is 5.69 Å². The molecule has 20 heavy (non-hydrogen) atoms.